The molecule has 0 aliphatic heterocycles. The first-order chi connectivity index (χ1) is 25.6. The van der Waals surface area contributed by atoms with E-state index in [2.05, 4.69) is 81.5 Å². The Bertz CT molecular complexity index is 915. The van der Waals surface area contributed by atoms with Gasteiger partial charge in [-0.05, 0) is 83.5 Å². The fraction of sp³-hybridized carbons (Fsp3) is 0.745. The SMILES string of the molecule is CC/C=C\C/C=C\C/C=C\CCCCCCCC(=O)OCC(COCCCCCCCC)OC(=O)CCCCCCC/C=C\C/C=C\CCCCC. The average molecular weight is 727 g/mol. The van der Waals surface area contributed by atoms with Crippen molar-refractivity contribution in [2.75, 3.05) is 19.8 Å². The quantitative estimate of drug-likeness (QED) is 0.0358. The molecule has 0 aromatic carbocycles. The van der Waals surface area contributed by atoms with E-state index in [-0.39, 0.29) is 25.2 Å². The van der Waals surface area contributed by atoms with Crippen molar-refractivity contribution in [3.05, 3.63) is 60.8 Å². The predicted octanol–water partition coefficient (Wildman–Crippen LogP) is 14.2. The molecule has 5 nitrogen and oxygen atoms in total. The number of hydrogen-bond acceptors (Lipinski definition) is 5. The second-order valence-electron chi connectivity index (χ2n) is 14.2. The van der Waals surface area contributed by atoms with Gasteiger partial charge in [0.25, 0.3) is 0 Å². The zero-order valence-corrected chi connectivity index (χ0v) is 34.3. The predicted molar refractivity (Wildman–Crippen MR) is 224 cm³/mol. The highest BCUT2D eigenvalue weighted by molar-refractivity contribution is 5.70. The highest BCUT2D eigenvalue weighted by atomic mass is 16.6. The van der Waals surface area contributed by atoms with Crippen LogP contribution in [0.15, 0.2) is 60.8 Å². The van der Waals surface area contributed by atoms with Gasteiger partial charge in [-0.2, -0.15) is 0 Å². The second-order valence-corrected chi connectivity index (χ2v) is 14.2. The van der Waals surface area contributed by atoms with Gasteiger partial charge in [0.05, 0.1) is 6.61 Å². The van der Waals surface area contributed by atoms with Crippen LogP contribution in [-0.4, -0.2) is 37.9 Å². The molecule has 0 aliphatic carbocycles. The Morgan fingerprint density at radius 3 is 1.42 bits per heavy atom. The largest absolute Gasteiger partial charge is 0.462 e. The lowest BCUT2D eigenvalue weighted by atomic mass is 10.1. The maximum Gasteiger partial charge on any atom is 0.306 e. The molecule has 52 heavy (non-hydrogen) atoms. The zero-order valence-electron chi connectivity index (χ0n) is 34.3. The van der Waals surface area contributed by atoms with Crippen molar-refractivity contribution in [1.29, 1.82) is 0 Å². The Morgan fingerprint density at radius 1 is 0.442 bits per heavy atom. The summed E-state index contributed by atoms with van der Waals surface area (Å²) < 4.78 is 17.2. The van der Waals surface area contributed by atoms with E-state index in [1.54, 1.807) is 0 Å². The van der Waals surface area contributed by atoms with Gasteiger partial charge in [-0.25, -0.2) is 0 Å². The van der Waals surface area contributed by atoms with Gasteiger partial charge in [-0.3, -0.25) is 9.59 Å². The molecule has 0 saturated heterocycles. The standard InChI is InChI=1S/C47H82O5/c1-4-7-10-13-16-18-20-22-24-26-28-30-32-34-37-40-46(48)51-44-45(43-50-42-39-36-15-12-9-6-3)52-47(49)41-38-35-33-31-29-27-25-23-21-19-17-14-11-8-5-2/h7,10,16-19,22-25,45H,4-6,8-9,11-15,20-21,26-44H2,1-3H3/b10-7-,18-16-,19-17-,24-22-,25-23-. The van der Waals surface area contributed by atoms with E-state index in [1.165, 1.54) is 77.0 Å². The maximum absolute atomic E-state index is 12.7. The van der Waals surface area contributed by atoms with Crippen LogP contribution >= 0.6 is 0 Å². The van der Waals surface area contributed by atoms with Gasteiger partial charge in [0.2, 0.25) is 0 Å². The Kier molecular flexibility index (Phi) is 41.0. The molecule has 1 unspecified atom stereocenters. The summed E-state index contributed by atoms with van der Waals surface area (Å²) in [6.45, 7) is 7.61. The minimum absolute atomic E-state index is 0.0696. The zero-order chi connectivity index (χ0) is 37.8. The van der Waals surface area contributed by atoms with Crippen molar-refractivity contribution in [2.45, 2.75) is 207 Å². The third kappa shape index (κ3) is 40.4. The molecule has 0 aromatic heterocycles. The van der Waals surface area contributed by atoms with E-state index >= 15 is 0 Å². The summed E-state index contributed by atoms with van der Waals surface area (Å²) in [6.07, 6.45) is 52.2. The number of carbonyl (C=O) groups excluding carboxylic acids is 2. The number of allylic oxidation sites excluding steroid dienone is 10. The van der Waals surface area contributed by atoms with Gasteiger partial charge in [0.15, 0.2) is 6.10 Å². The molecule has 0 aromatic rings. The molecule has 0 amide bonds. The first kappa shape index (κ1) is 49.6. The Labute approximate surface area is 322 Å². The number of carbonyl (C=O) groups is 2. The van der Waals surface area contributed by atoms with Crippen LogP contribution < -0.4 is 0 Å². The molecule has 0 heterocycles. The van der Waals surface area contributed by atoms with Crippen LogP contribution in [0.1, 0.15) is 201 Å². The first-order valence-electron chi connectivity index (χ1n) is 21.8. The first-order valence-corrected chi connectivity index (χ1v) is 21.8. The summed E-state index contributed by atoms with van der Waals surface area (Å²) in [4.78, 5) is 25.1. The fourth-order valence-electron chi connectivity index (χ4n) is 5.79. The Hall–Kier alpha value is -2.40. The van der Waals surface area contributed by atoms with Crippen LogP contribution in [0.25, 0.3) is 0 Å². The number of ether oxygens (including phenoxy) is 3. The van der Waals surface area contributed by atoms with Crippen molar-refractivity contribution in [2.24, 2.45) is 0 Å². The summed E-state index contributed by atoms with van der Waals surface area (Å²) in [7, 11) is 0. The molecule has 0 spiro atoms. The van der Waals surface area contributed by atoms with Gasteiger partial charge in [0.1, 0.15) is 6.61 Å². The summed E-state index contributed by atoms with van der Waals surface area (Å²) in [5.74, 6) is -0.437. The number of rotatable bonds is 39. The molecule has 0 fully saturated rings. The van der Waals surface area contributed by atoms with Crippen LogP contribution in [0, 0.1) is 0 Å². The van der Waals surface area contributed by atoms with Crippen molar-refractivity contribution < 1.29 is 23.8 Å². The van der Waals surface area contributed by atoms with Gasteiger partial charge < -0.3 is 14.2 Å². The van der Waals surface area contributed by atoms with Crippen molar-refractivity contribution >= 4 is 11.9 Å². The number of esters is 2. The van der Waals surface area contributed by atoms with Crippen LogP contribution in [-0.2, 0) is 23.8 Å². The molecule has 0 saturated carbocycles. The number of hydrogen-bond donors (Lipinski definition) is 0. The molecule has 5 heteroatoms. The normalized spacial score (nSPS) is 12.8. The molecule has 300 valence electrons. The third-order valence-corrected chi connectivity index (χ3v) is 9.04. The van der Waals surface area contributed by atoms with Gasteiger partial charge in [-0.1, -0.05) is 165 Å². The van der Waals surface area contributed by atoms with E-state index < -0.39 is 6.10 Å². The van der Waals surface area contributed by atoms with Crippen molar-refractivity contribution in [3.8, 4) is 0 Å². The average Bonchev–Trinajstić information content (AvgIpc) is 3.14. The van der Waals surface area contributed by atoms with E-state index in [4.69, 9.17) is 14.2 Å². The molecule has 0 bridgehead atoms. The highest BCUT2D eigenvalue weighted by Gasteiger charge is 2.17. The van der Waals surface area contributed by atoms with Gasteiger partial charge in [-0.15, -0.1) is 0 Å². The maximum atomic E-state index is 12.7. The van der Waals surface area contributed by atoms with Crippen LogP contribution in [0.3, 0.4) is 0 Å². The van der Waals surface area contributed by atoms with Crippen molar-refractivity contribution in [1.82, 2.24) is 0 Å². The minimum Gasteiger partial charge on any atom is -0.462 e. The third-order valence-electron chi connectivity index (χ3n) is 9.04. The lowest BCUT2D eigenvalue weighted by molar-refractivity contribution is -0.163. The summed E-state index contributed by atoms with van der Waals surface area (Å²) in [6, 6.07) is 0. The summed E-state index contributed by atoms with van der Waals surface area (Å²) in [5.41, 5.74) is 0. The Balaban J connectivity index is 4.19. The Morgan fingerprint density at radius 2 is 0.865 bits per heavy atom. The monoisotopic (exact) mass is 727 g/mol. The lowest BCUT2D eigenvalue weighted by Gasteiger charge is -2.18. The van der Waals surface area contributed by atoms with Gasteiger partial charge in [0, 0.05) is 19.4 Å². The van der Waals surface area contributed by atoms with Crippen LogP contribution in [0.5, 0.6) is 0 Å². The summed E-state index contributed by atoms with van der Waals surface area (Å²) in [5, 5.41) is 0. The van der Waals surface area contributed by atoms with Crippen LogP contribution in [0.2, 0.25) is 0 Å². The molecule has 0 rings (SSSR count). The van der Waals surface area contributed by atoms with E-state index in [0.717, 1.165) is 89.9 Å². The molecule has 0 N–H and O–H groups in total. The number of unbranched alkanes of at least 4 members (excludes halogenated alkanes) is 18. The van der Waals surface area contributed by atoms with Crippen LogP contribution in [0.4, 0.5) is 0 Å². The lowest BCUT2D eigenvalue weighted by Crippen LogP contribution is -2.30. The van der Waals surface area contributed by atoms with E-state index in [9.17, 15) is 9.59 Å². The van der Waals surface area contributed by atoms with E-state index in [0.29, 0.717) is 19.4 Å². The summed E-state index contributed by atoms with van der Waals surface area (Å²) >= 11 is 0. The molecule has 1 atom stereocenters. The smallest absolute Gasteiger partial charge is 0.306 e. The van der Waals surface area contributed by atoms with Crippen molar-refractivity contribution in [3.63, 3.8) is 0 Å². The topological polar surface area (TPSA) is 61.8 Å². The molecular formula is C47H82O5. The fourth-order valence-corrected chi connectivity index (χ4v) is 5.79. The van der Waals surface area contributed by atoms with E-state index in [1.807, 2.05) is 0 Å². The molecular weight excluding hydrogens is 645 g/mol. The molecule has 0 aliphatic rings. The highest BCUT2D eigenvalue weighted by Crippen LogP contribution is 2.12. The molecule has 0 radical (unpaired) electrons. The second kappa shape index (κ2) is 43.0. The minimum atomic E-state index is -0.545. The van der Waals surface area contributed by atoms with Gasteiger partial charge >= 0.3 is 11.9 Å².